The van der Waals surface area contributed by atoms with E-state index >= 15 is 0 Å². The summed E-state index contributed by atoms with van der Waals surface area (Å²) in [6.45, 7) is 5.59. The molecule has 0 spiro atoms. The second-order valence-electron chi connectivity index (χ2n) is 6.87. The molecule has 28 heavy (non-hydrogen) atoms. The van der Waals surface area contributed by atoms with Crippen molar-refractivity contribution < 1.29 is 14.0 Å². The van der Waals surface area contributed by atoms with Crippen LogP contribution in [0.4, 0.5) is 4.39 Å². The number of nitrogens with zero attached hydrogens (tertiary/aromatic N) is 1. The van der Waals surface area contributed by atoms with E-state index in [4.69, 9.17) is 11.6 Å². The highest BCUT2D eigenvalue weighted by Gasteiger charge is 2.27. The average molecular weight is 470 g/mol. The molecule has 0 aliphatic rings. The quantitative estimate of drug-likeness (QED) is 0.637. The summed E-state index contributed by atoms with van der Waals surface area (Å²) in [5.41, 5.74) is 0.983. The van der Waals surface area contributed by atoms with E-state index < -0.39 is 11.9 Å². The molecule has 2 aromatic carbocycles. The molecule has 0 aromatic heterocycles. The van der Waals surface area contributed by atoms with Crippen LogP contribution in [0.3, 0.4) is 0 Å². The minimum Gasteiger partial charge on any atom is -0.352 e. The first kappa shape index (κ1) is 22.4. The van der Waals surface area contributed by atoms with Gasteiger partial charge in [0.15, 0.2) is 0 Å². The summed E-state index contributed by atoms with van der Waals surface area (Å²) in [6.07, 6.45) is -0.223. The van der Waals surface area contributed by atoms with Gasteiger partial charge in [-0.15, -0.1) is 0 Å². The minimum absolute atomic E-state index is 0.0567. The topological polar surface area (TPSA) is 49.4 Å². The van der Waals surface area contributed by atoms with E-state index in [2.05, 4.69) is 21.2 Å². The molecule has 0 heterocycles. The normalized spacial score (nSPS) is 12.0. The van der Waals surface area contributed by atoms with Gasteiger partial charge in [0.25, 0.3) is 0 Å². The first-order valence-electron chi connectivity index (χ1n) is 8.96. The number of halogens is 3. The van der Waals surface area contributed by atoms with Crippen LogP contribution in [0.5, 0.6) is 0 Å². The third-order valence-electron chi connectivity index (χ3n) is 4.23. The van der Waals surface area contributed by atoms with Crippen LogP contribution in [0.1, 0.15) is 31.9 Å². The molecule has 2 aromatic rings. The molecular weight excluding hydrogens is 447 g/mol. The van der Waals surface area contributed by atoms with E-state index in [0.29, 0.717) is 0 Å². The number of benzene rings is 2. The molecule has 0 bridgehead atoms. The Morgan fingerprint density at radius 3 is 2.46 bits per heavy atom. The van der Waals surface area contributed by atoms with Gasteiger partial charge in [-0.25, -0.2) is 4.39 Å². The molecule has 0 unspecified atom stereocenters. The lowest BCUT2D eigenvalue weighted by molar-refractivity contribution is -0.140. The van der Waals surface area contributed by atoms with Crippen molar-refractivity contribution in [3.8, 4) is 0 Å². The average Bonchev–Trinajstić information content (AvgIpc) is 2.61. The summed E-state index contributed by atoms with van der Waals surface area (Å²) in [7, 11) is 0. The maximum Gasteiger partial charge on any atom is 0.242 e. The summed E-state index contributed by atoms with van der Waals surface area (Å²) in [4.78, 5) is 27.0. The second kappa shape index (κ2) is 10.0. The fourth-order valence-electron chi connectivity index (χ4n) is 2.77. The fourth-order valence-corrected chi connectivity index (χ4v) is 3.45. The largest absolute Gasteiger partial charge is 0.352 e. The molecule has 0 aliphatic carbocycles. The van der Waals surface area contributed by atoms with Gasteiger partial charge >= 0.3 is 0 Å². The van der Waals surface area contributed by atoms with Gasteiger partial charge in [0.1, 0.15) is 11.9 Å². The SMILES string of the molecule is CC(C)NC(=O)[C@H](C)N(Cc1cccc(Br)c1)C(=O)Cc1c(F)cccc1Cl. The summed E-state index contributed by atoms with van der Waals surface area (Å²) < 4.78 is 15.0. The first-order valence-corrected chi connectivity index (χ1v) is 10.1. The van der Waals surface area contributed by atoms with Crippen molar-refractivity contribution >= 4 is 39.3 Å². The fraction of sp³-hybridized carbons (Fsp3) is 0.333. The van der Waals surface area contributed by atoms with Gasteiger partial charge < -0.3 is 10.2 Å². The summed E-state index contributed by atoms with van der Waals surface area (Å²) in [5.74, 6) is -1.18. The third kappa shape index (κ3) is 6.04. The molecule has 150 valence electrons. The van der Waals surface area contributed by atoms with Gasteiger partial charge in [0, 0.05) is 27.6 Å². The minimum atomic E-state index is -0.723. The number of hydrogen-bond acceptors (Lipinski definition) is 2. The van der Waals surface area contributed by atoms with E-state index in [1.165, 1.54) is 17.0 Å². The van der Waals surface area contributed by atoms with E-state index in [0.717, 1.165) is 10.0 Å². The molecule has 1 atom stereocenters. The Morgan fingerprint density at radius 2 is 1.86 bits per heavy atom. The summed E-state index contributed by atoms with van der Waals surface area (Å²) in [6, 6.07) is 11.0. The number of hydrogen-bond donors (Lipinski definition) is 1. The summed E-state index contributed by atoms with van der Waals surface area (Å²) in [5, 5.41) is 3.01. The van der Waals surface area contributed by atoms with Crippen LogP contribution in [-0.4, -0.2) is 28.8 Å². The maximum atomic E-state index is 14.1. The Kier molecular flexibility index (Phi) is 8.01. The Balaban J connectivity index is 2.30. The zero-order valence-electron chi connectivity index (χ0n) is 16.0. The molecular formula is C21H23BrClFN2O2. The van der Waals surface area contributed by atoms with E-state index in [1.807, 2.05) is 38.1 Å². The highest BCUT2D eigenvalue weighted by molar-refractivity contribution is 9.10. The van der Waals surface area contributed by atoms with Crippen LogP contribution in [-0.2, 0) is 22.6 Å². The third-order valence-corrected chi connectivity index (χ3v) is 5.08. The van der Waals surface area contributed by atoms with Crippen LogP contribution in [0.25, 0.3) is 0 Å². The molecule has 0 fully saturated rings. The number of rotatable bonds is 7. The zero-order chi connectivity index (χ0) is 20.8. The van der Waals surface area contributed by atoms with Crippen molar-refractivity contribution in [2.45, 2.75) is 45.8 Å². The number of nitrogens with one attached hydrogen (secondary N) is 1. The number of amides is 2. The van der Waals surface area contributed by atoms with E-state index in [9.17, 15) is 14.0 Å². The highest BCUT2D eigenvalue weighted by atomic mass is 79.9. The molecule has 0 radical (unpaired) electrons. The van der Waals surface area contributed by atoms with Crippen LogP contribution in [0, 0.1) is 5.82 Å². The van der Waals surface area contributed by atoms with Gasteiger partial charge in [0.05, 0.1) is 6.42 Å². The van der Waals surface area contributed by atoms with Crippen LogP contribution in [0.15, 0.2) is 46.9 Å². The molecule has 7 heteroatoms. The van der Waals surface area contributed by atoms with Crippen LogP contribution in [0.2, 0.25) is 5.02 Å². The van der Waals surface area contributed by atoms with Crippen molar-refractivity contribution in [1.29, 1.82) is 0 Å². The number of carbonyl (C=O) groups is 2. The standard InChI is InChI=1S/C21H23BrClFN2O2/c1-13(2)25-21(28)14(3)26(12-15-6-4-7-16(22)10-15)20(27)11-17-18(23)8-5-9-19(17)24/h4-10,13-14H,11-12H2,1-3H3,(H,25,28)/t14-/m0/s1. The van der Waals surface area contributed by atoms with Crippen molar-refractivity contribution in [3.63, 3.8) is 0 Å². The molecule has 0 saturated heterocycles. The molecule has 1 N–H and O–H groups in total. The van der Waals surface area contributed by atoms with Crippen molar-refractivity contribution in [2.75, 3.05) is 0 Å². The van der Waals surface area contributed by atoms with Crippen molar-refractivity contribution in [2.24, 2.45) is 0 Å². The molecule has 2 amide bonds. The van der Waals surface area contributed by atoms with E-state index in [1.54, 1.807) is 13.0 Å². The first-order chi connectivity index (χ1) is 13.2. The Labute approximate surface area is 178 Å². The lowest BCUT2D eigenvalue weighted by atomic mass is 10.1. The Bertz CT molecular complexity index is 840. The monoisotopic (exact) mass is 468 g/mol. The Hall–Kier alpha value is -1.92. The second-order valence-corrected chi connectivity index (χ2v) is 8.19. The van der Waals surface area contributed by atoms with Crippen LogP contribution < -0.4 is 5.32 Å². The van der Waals surface area contributed by atoms with Gasteiger partial charge in [0.2, 0.25) is 11.8 Å². The zero-order valence-corrected chi connectivity index (χ0v) is 18.3. The van der Waals surface area contributed by atoms with Gasteiger partial charge in [-0.3, -0.25) is 9.59 Å². The predicted molar refractivity (Wildman–Crippen MR) is 113 cm³/mol. The van der Waals surface area contributed by atoms with Crippen LogP contribution >= 0.6 is 27.5 Å². The molecule has 0 aliphatic heterocycles. The lowest BCUT2D eigenvalue weighted by Crippen LogP contribution is -2.49. The van der Waals surface area contributed by atoms with Crippen molar-refractivity contribution in [3.05, 3.63) is 68.9 Å². The highest BCUT2D eigenvalue weighted by Crippen LogP contribution is 2.22. The van der Waals surface area contributed by atoms with E-state index in [-0.39, 0.29) is 41.4 Å². The maximum absolute atomic E-state index is 14.1. The lowest BCUT2D eigenvalue weighted by Gasteiger charge is -2.29. The number of carbonyl (C=O) groups excluding carboxylic acids is 2. The predicted octanol–water partition coefficient (Wildman–Crippen LogP) is 4.73. The molecule has 0 saturated carbocycles. The summed E-state index contributed by atoms with van der Waals surface area (Å²) >= 11 is 9.48. The molecule has 2 rings (SSSR count). The van der Waals surface area contributed by atoms with Gasteiger partial charge in [-0.05, 0) is 50.6 Å². The van der Waals surface area contributed by atoms with Gasteiger partial charge in [-0.1, -0.05) is 45.7 Å². The smallest absolute Gasteiger partial charge is 0.242 e. The molecule has 4 nitrogen and oxygen atoms in total. The Morgan fingerprint density at radius 1 is 1.18 bits per heavy atom. The van der Waals surface area contributed by atoms with Crippen molar-refractivity contribution in [1.82, 2.24) is 10.2 Å². The van der Waals surface area contributed by atoms with Gasteiger partial charge in [-0.2, -0.15) is 0 Å².